The molecule has 124 valence electrons. The smallest absolute Gasteiger partial charge is 0.373 e. The average molecular weight is 346 g/mol. The predicted molar refractivity (Wildman–Crippen MR) is 87.9 cm³/mol. The zero-order valence-corrected chi connectivity index (χ0v) is 13.7. The molecular weight excluding hydrogens is 332 g/mol. The standard InChI is InChI=1S/C16H14N2O5S/c1-22-15(20)10-6-5-8(23-10)7-18-14(19)12-9-3-2-4-11(9)24-13(12)17-16(18)21/h5-6H,2-4,7H2,1H3,(H,17,21). The average Bonchev–Trinajstić information content (AvgIpc) is 3.25. The number of carbonyl (C=O) groups is 1. The van der Waals surface area contributed by atoms with Gasteiger partial charge >= 0.3 is 11.7 Å². The molecule has 24 heavy (non-hydrogen) atoms. The molecule has 0 atom stereocenters. The first kappa shape index (κ1) is 14.9. The molecular formula is C16H14N2O5S. The monoisotopic (exact) mass is 346 g/mol. The highest BCUT2D eigenvalue weighted by Gasteiger charge is 2.22. The van der Waals surface area contributed by atoms with Crippen LogP contribution in [0.15, 0.2) is 26.1 Å². The number of nitrogens with one attached hydrogen (secondary N) is 1. The third-order valence-electron chi connectivity index (χ3n) is 4.21. The van der Waals surface area contributed by atoms with Gasteiger partial charge in [-0.3, -0.25) is 14.3 Å². The molecule has 1 aliphatic carbocycles. The van der Waals surface area contributed by atoms with E-state index >= 15 is 0 Å². The number of esters is 1. The number of nitrogens with zero attached hydrogens (tertiary/aromatic N) is 1. The van der Waals surface area contributed by atoms with Gasteiger partial charge in [-0.15, -0.1) is 11.3 Å². The summed E-state index contributed by atoms with van der Waals surface area (Å²) in [7, 11) is 1.25. The number of furan rings is 1. The molecule has 0 unspecified atom stereocenters. The number of rotatable bonds is 3. The van der Waals surface area contributed by atoms with Crippen molar-refractivity contribution in [3.05, 3.63) is 54.9 Å². The minimum absolute atomic E-state index is 0.0360. The number of aromatic amines is 1. The van der Waals surface area contributed by atoms with Gasteiger partial charge in [-0.05, 0) is 37.0 Å². The van der Waals surface area contributed by atoms with Crippen LogP contribution in [-0.4, -0.2) is 22.6 Å². The van der Waals surface area contributed by atoms with Gasteiger partial charge < -0.3 is 9.15 Å². The first-order valence-corrected chi connectivity index (χ1v) is 8.34. The normalized spacial score (nSPS) is 13.4. The van der Waals surface area contributed by atoms with Crippen molar-refractivity contribution >= 4 is 27.5 Å². The number of carbonyl (C=O) groups excluding carboxylic acids is 1. The predicted octanol–water partition coefficient (Wildman–Crippen LogP) is 1.67. The van der Waals surface area contributed by atoms with Gasteiger partial charge in [-0.1, -0.05) is 0 Å². The van der Waals surface area contributed by atoms with E-state index in [4.69, 9.17) is 4.42 Å². The second kappa shape index (κ2) is 5.48. The molecule has 7 nitrogen and oxygen atoms in total. The van der Waals surface area contributed by atoms with Gasteiger partial charge in [0.1, 0.15) is 10.6 Å². The van der Waals surface area contributed by atoms with Gasteiger partial charge in [0.05, 0.1) is 19.0 Å². The van der Waals surface area contributed by atoms with Crippen molar-refractivity contribution in [2.24, 2.45) is 0 Å². The molecule has 0 aliphatic heterocycles. The van der Waals surface area contributed by atoms with E-state index in [0.29, 0.717) is 16.0 Å². The van der Waals surface area contributed by atoms with E-state index in [1.54, 1.807) is 6.07 Å². The van der Waals surface area contributed by atoms with Crippen LogP contribution in [0, 0.1) is 0 Å². The summed E-state index contributed by atoms with van der Waals surface area (Å²) in [6, 6.07) is 3.02. The summed E-state index contributed by atoms with van der Waals surface area (Å²) >= 11 is 1.49. The van der Waals surface area contributed by atoms with E-state index in [1.165, 1.54) is 29.4 Å². The van der Waals surface area contributed by atoms with Crippen LogP contribution in [0.4, 0.5) is 0 Å². The molecule has 3 heterocycles. The first-order chi connectivity index (χ1) is 11.6. The van der Waals surface area contributed by atoms with E-state index in [2.05, 4.69) is 9.72 Å². The number of aryl methyl sites for hydroxylation is 2. The molecule has 1 N–H and O–H groups in total. The van der Waals surface area contributed by atoms with Gasteiger partial charge in [0, 0.05) is 4.88 Å². The van der Waals surface area contributed by atoms with Gasteiger partial charge in [-0.2, -0.15) is 0 Å². The summed E-state index contributed by atoms with van der Waals surface area (Å²) in [6.45, 7) is -0.0360. The number of ether oxygens (including phenoxy) is 1. The Labute approximate surface area is 139 Å². The van der Waals surface area contributed by atoms with Gasteiger partial charge in [0.15, 0.2) is 0 Å². The Bertz CT molecular complexity index is 1070. The number of thiophene rings is 1. The zero-order chi connectivity index (χ0) is 16.8. The third-order valence-corrected chi connectivity index (χ3v) is 5.42. The van der Waals surface area contributed by atoms with Crippen molar-refractivity contribution < 1.29 is 13.9 Å². The zero-order valence-electron chi connectivity index (χ0n) is 12.9. The fourth-order valence-electron chi connectivity index (χ4n) is 3.08. The highest BCUT2D eigenvalue weighted by Crippen LogP contribution is 2.34. The number of fused-ring (bicyclic) bond motifs is 3. The van der Waals surface area contributed by atoms with Crippen molar-refractivity contribution in [2.45, 2.75) is 25.8 Å². The molecule has 1 aliphatic rings. The quantitative estimate of drug-likeness (QED) is 0.728. The van der Waals surface area contributed by atoms with Crippen LogP contribution in [-0.2, 0) is 24.1 Å². The molecule has 0 saturated heterocycles. The Hall–Kier alpha value is -2.61. The summed E-state index contributed by atoms with van der Waals surface area (Å²) in [5, 5.41) is 0.604. The molecule has 0 amide bonds. The lowest BCUT2D eigenvalue weighted by molar-refractivity contribution is 0.0563. The van der Waals surface area contributed by atoms with Crippen LogP contribution in [0.5, 0.6) is 0 Å². The van der Waals surface area contributed by atoms with Crippen molar-refractivity contribution in [1.29, 1.82) is 0 Å². The molecule has 0 fully saturated rings. The van der Waals surface area contributed by atoms with Crippen molar-refractivity contribution in [1.82, 2.24) is 9.55 Å². The molecule has 0 spiro atoms. The Morgan fingerprint density at radius 2 is 2.21 bits per heavy atom. The Kier molecular flexibility index (Phi) is 3.42. The van der Waals surface area contributed by atoms with Crippen LogP contribution < -0.4 is 11.2 Å². The molecule has 0 aromatic carbocycles. The summed E-state index contributed by atoms with van der Waals surface area (Å²) < 4.78 is 11.0. The van der Waals surface area contributed by atoms with E-state index in [-0.39, 0.29) is 17.9 Å². The minimum atomic E-state index is -0.603. The van der Waals surface area contributed by atoms with E-state index in [9.17, 15) is 14.4 Å². The van der Waals surface area contributed by atoms with Crippen molar-refractivity contribution in [3.63, 3.8) is 0 Å². The van der Waals surface area contributed by atoms with Crippen LogP contribution >= 0.6 is 11.3 Å². The second-order valence-corrected chi connectivity index (χ2v) is 6.75. The largest absolute Gasteiger partial charge is 0.463 e. The summed E-state index contributed by atoms with van der Waals surface area (Å²) in [4.78, 5) is 41.1. The third kappa shape index (κ3) is 2.22. The Morgan fingerprint density at radius 3 is 3.00 bits per heavy atom. The summed E-state index contributed by atoms with van der Waals surface area (Å²) in [6.07, 6.45) is 2.86. The second-order valence-electron chi connectivity index (χ2n) is 5.64. The molecule has 0 saturated carbocycles. The van der Waals surface area contributed by atoms with Gasteiger partial charge in [0.25, 0.3) is 5.56 Å². The van der Waals surface area contributed by atoms with Crippen molar-refractivity contribution in [2.75, 3.05) is 7.11 Å². The van der Waals surface area contributed by atoms with Crippen LogP contribution in [0.2, 0.25) is 0 Å². The maximum atomic E-state index is 12.8. The molecule has 0 radical (unpaired) electrons. The van der Waals surface area contributed by atoms with Gasteiger partial charge in [-0.25, -0.2) is 9.59 Å². The highest BCUT2D eigenvalue weighted by molar-refractivity contribution is 7.18. The Morgan fingerprint density at radius 1 is 1.38 bits per heavy atom. The Balaban J connectivity index is 1.79. The fraction of sp³-hybridized carbons (Fsp3) is 0.312. The number of methoxy groups -OCH3 is 1. The van der Waals surface area contributed by atoms with E-state index < -0.39 is 11.7 Å². The lowest BCUT2D eigenvalue weighted by atomic mass is 10.2. The lowest BCUT2D eigenvalue weighted by Gasteiger charge is -2.03. The highest BCUT2D eigenvalue weighted by atomic mass is 32.1. The fourth-order valence-corrected chi connectivity index (χ4v) is 4.35. The molecule has 8 heteroatoms. The first-order valence-electron chi connectivity index (χ1n) is 7.53. The van der Waals surface area contributed by atoms with Crippen molar-refractivity contribution in [3.8, 4) is 0 Å². The number of H-pyrrole nitrogens is 1. The number of aromatic nitrogens is 2. The topological polar surface area (TPSA) is 94.3 Å². The van der Waals surface area contributed by atoms with Crippen LogP contribution in [0.25, 0.3) is 10.2 Å². The maximum Gasteiger partial charge on any atom is 0.373 e. The molecule has 3 aromatic rings. The SMILES string of the molecule is COC(=O)c1ccc(Cn2c(=O)[nH]c3sc4c(c3c2=O)CCC4)o1. The van der Waals surface area contributed by atoms with E-state index in [0.717, 1.165) is 29.4 Å². The summed E-state index contributed by atoms with van der Waals surface area (Å²) in [5.41, 5.74) is 0.257. The summed E-state index contributed by atoms with van der Waals surface area (Å²) in [5.74, 6) is -0.225. The van der Waals surface area contributed by atoms with Gasteiger partial charge in [0.2, 0.25) is 5.76 Å². The molecule has 4 rings (SSSR count). The van der Waals surface area contributed by atoms with Crippen LogP contribution in [0.3, 0.4) is 0 Å². The lowest BCUT2D eigenvalue weighted by Crippen LogP contribution is -2.35. The van der Waals surface area contributed by atoms with Crippen LogP contribution in [0.1, 0.15) is 33.2 Å². The molecule has 3 aromatic heterocycles. The molecule has 0 bridgehead atoms. The van der Waals surface area contributed by atoms with E-state index in [1.807, 2.05) is 0 Å². The number of hydrogen-bond acceptors (Lipinski definition) is 6. The maximum absolute atomic E-state index is 12.8. The minimum Gasteiger partial charge on any atom is -0.463 e. The number of hydrogen-bond donors (Lipinski definition) is 1.